The van der Waals surface area contributed by atoms with Crippen LogP contribution in [0.5, 0.6) is 5.75 Å². The van der Waals surface area contributed by atoms with Gasteiger partial charge in [-0.2, -0.15) is 5.10 Å². The molecule has 7 nitrogen and oxygen atoms in total. The predicted molar refractivity (Wildman–Crippen MR) is 114 cm³/mol. The molecular weight excluding hydrogens is 380 g/mol. The number of benzene rings is 2. The average molecular weight is 404 g/mol. The summed E-state index contributed by atoms with van der Waals surface area (Å²) >= 11 is 0. The number of methoxy groups -OCH3 is 1. The van der Waals surface area contributed by atoms with Gasteiger partial charge in [-0.3, -0.25) is 9.59 Å². The van der Waals surface area contributed by atoms with Crippen molar-refractivity contribution in [3.63, 3.8) is 0 Å². The molecule has 1 aliphatic carbocycles. The summed E-state index contributed by atoms with van der Waals surface area (Å²) in [5.74, 6) is 0.200. The molecule has 1 aliphatic rings. The van der Waals surface area contributed by atoms with Crippen LogP contribution in [0.2, 0.25) is 0 Å². The van der Waals surface area contributed by atoms with Crippen molar-refractivity contribution in [3.8, 4) is 22.7 Å². The summed E-state index contributed by atoms with van der Waals surface area (Å²) in [4.78, 5) is 26.9. The molecule has 0 atom stereocenters. The molecule has 30 heavy (non-hydrogen) atoms. The maximum Gasteiger partial charge on any atom is 0.257 e. The van der Waals surface area contributed by atoms with Crippen LogP contribution in [0.1, 0.15) is 23.2 Å². The van der Waals surface area contributed by atoms with Gasteiger partial charge >= 0.3 is 0 Å². The first kappa shape index (κ1) is 19.7. The van der Waals surface area contributed by atoms with Crippen LogP contribution in [0.3, 0.4) is 0 Å². The monoisotopic (exact) mass is 404 g/mol. The van der Waals surface area contributed by atoms with Crippen LogP contribution in [0.4, 0.5) is 0 Å². The molecule has 0 unspecified atom stereocenters. The average Bonchev–Trinajstić information content (AvgIpc) is 3.47. The Labute approximate surface area is 175 Å². The highest BCUT2D eigenvalue weighted by Crippen LogP contribution is 2.32. The van der Waals surface area contributed by atoms with Crippen LogP contribution < -0.4 is 10.1 Å². The normalized spacial score (nSPS) is 13.0. The van der Waals surface area contributed by atoms with Crippen molar-refractivity contribution in [2.45, 2.75) is 18.9 Å². The van der Waals surface area contributed by atoms with E-state index in [2.05, 4.69) is 10.4 Å². The number of aromatic nitrogens is 2. The van der Waals surface area contributed by atoms with E-state index < -0.39 is 0 Å². The van der Waals surface area contributed by atoms with Gasteiger partial charge in [-0.25, -0.2) is 4.68 Å². The van der Waals surface area contributed by atoms with Gasteiger partial charge in [0.2, 0.25) is 5.91 Å². The van der Waals surface area contributed by atoms with Crippen molar-refractivity contribution in [2.24, 2.45) is 0 Å². The molecule has 7 heteroatoms. The van der Waals surface area contributed by atoms with E-state index in [-0.39, 0.29) is 24.4 Å². The van der Waals surface area contributed by atoms with Gasteiger partial charge in [0.25, 0.3) is 5.91 Å². The van der Waals surface area contributed by atoms with E-state index in [4.69, 9.17) is 4.74 Å². The third-order valence-electron chi connectivity index (χ3n) is 5.00. The molecule has 2 aromatic carbocycles. The van der Waals surface area contributed by atoms with Crippen molar-refractivity contribution in [2.75, 3.05) is 20.7 Å². The number of carbonyl (C=O) groups is 2. The van der Waals surface area contributed by atoms with Gasteiger partial charge in [0.05, 0.1) is 24.9 Å². The molecule has 1 aromatic heterocycles. The third kappa shape index (κ3) is 4.20. The summed E-state index contributed by atoms with van der Waals surface area (Å²) in [5.41, 5.74) is 2.47. The lowest BCUT2D eigenvalue weighted by atomic mass is 10.1. The number of rotatable bonds is 7. The fourth-order valence-electron chi connectivity index (χ4n) is 3.28. The Morgan fingerprint density at radius 1 is 1.13 bits per heavy atom. The Hall–Kier alpha value is -3.61. The Morgan fingerprint density at radius 2 is 1.83 bits per heavy atom. The van der Waals surface area contributed by atoms with Gasteiger partial charge in [0, 0.05) is 24.8 Å². The first-order chi connectivity index (χ1) is 14.6. The molecule has 1 N–H and O–H groups in total. The lowest BCUT2D eigenvalue weighted by molar-refractivity contribution is -0.121. The zero-order valence-corrected chi connectivity index (χ0v) is 17.0. The van der Waals surface area contributed by atoms with Gasteiger partial charge < -0.3 is 15.0 Å². The maximum absolute atomic E-state index is 13.3. The molecule has 0 aliphatic heterocycles. The second kappa shape index (κ2) is 8.41. The second-order valence-corrected chi connectivity index (χ2v) is 7.37. The van der Waals surface area contributed by atoms with Crippen LogP contribution in [0.15, 0.2) is 60.8 Å². The van der Waals surface area contributed by atoms with Crippen molar-refractivity contribution in [3.05, 3.63) is 66.4 Å². The van der Waals surface area contributed by atoms with E-state index in [1.165, 1.54) is 4.90 Å². The second-order valence-electron chi connectivity index (χ2n) is 7.37. The van der Waals surface area contributed by atoms with Gasteiger partial charge in [0.1, 0.15) is 11.4 Å². The lowest BCUT2D eigenvalue weighted by Crippen LogP contribution is -2.39. The molecule has 1 heterocycles. The van der Waals surface area contributed by atoms with Crippen molar-refractivity contribution in [1.29, 1.82) is 0 Å². The molecule has 0 bridgehead atoms. The molecule has 0 radical (unpaired) electrons. The van der Waals surface area contributed by atoms with Crippen LogP contribution in [0, 0.1) is 0 Å². The van der Waals surface area contributed by atoms with Crippen molar-refractivity contribution in [1.82, 2.24) is 20.0 Å². The Balaban J connectivity index is 1.70. The van der Waals surface area contributed by atoms with Crippen LogP contribution >= 0.6 is 0 Å². The standard InChI is InChI=1S/C23H24N4O3/c1-26(15-21(28)24-16-12-13-16)23(29)19-14-27(17-8-4-3-5-9-17)25-22(19)18-10-6-7-11-20(18)30-2/h3-11,14,16H,12-13,15H2,1-2H3,(H,24,28). The number of carbonyl (C=O) groups excluding carboxylic acids is 2. The number of hydrogen-bond acceptors (Lipinski definition) is 4. The minimum Gasteiger partial charge on any atom is -0.496 e. The van der Waals surface area contributed by atoms with Gasteiger partial charge in [-0.1, -0.05) is 30.3 Å². The minimum atomic E-state index is -0.274. The number of nitrogens with zero attached hydrogens (tertiary/aromatic N) is 3. The van der Waals surface area contributed by atoms with E-state index in [0.29, 0.717) is 22.6 Å². The van der Waals surface area contributed by atoms with E-state index in [1.54, 1.807) is 25.0 Å². The largest absolute Gasteiger partial charge is 0.496 e. The number of hydrogen-bond donors (Lipinski definition) is 1. The lowest BCUT2D eigenvalue weighted by Gasteiger charge is -2.17. The SMILES string of the molecule is COc1ccccc1-c1nn(-c2ccccc2)cc1C(=O)N(C)CC(=O)NC1CC1. The number of ether oxygens (including phenoxy) is 1. The highest BCUT2D eigenvalue weighted by atomic mass is 16.5. The maximum atomic E-state index is 13.3. The molecule has 1 saturated carbocycles. The Morgan fingerprint density at radius 3 is 2.53 bits per heavy atom. The number of amides is 2. The first-order valence-corrected chi connectivity index (χ1v) is 9.90. The van der Waals surface area contributed by atoms with E-state index in [1.807, 2.05) is 54.6 Å². The van der Waals surface area contributed by atoms with Crippen LogP contribution in [-0.4, -0.2) is 53.2 Å². The summed E-state index contributed by atoms with van der Waals surface area (Å²) in [6.45, 7) is -0.00276. The molecule has 3 aromatic rings. The molecule has 0 saturated heterocycles. The third-order valence-corrected chi connectivity index (χ3v) is 5.00. The fraction of sp³-hybridized carbons (Fsp3) is 0.261. The zero-order chi connectivity index (χ0) is 21.1. The smallest absolute Gasteiger partial charge is 0.257 e. The summed E-state index contributed by atoms with van der Waals surface area (Å²) in [7, 11) is 3.21. The minimum absolute atomic E-state index is 0.00276. The number of nitrogens with one attached hydrogen (secondary N) is 1. The first-order valence-electron chi connectivity index (χ1n) is 9.90. The highest BCUT2D eigenvalue weighted by Gasteiger charge is 2.27. The van der Waals surface area contributed by atoms with Gasteiger partial charge in [0.15, 0.2) is 0 Å². The Bertz CT molecular complexity index is 1060. The summed E-state index contributed by atoms with van der Waals surface area (Å²) in [6, 6.07) is 17.3. The van der Waals surface area contributed by atoms with Crippen LogP contribution in [-0.2, 0) is 4.79 Å². The Kier molecular flexibility index (Phi) is 5.52. The molecule has 2 amide bonds. The van der Waals surface area contributed by atoms with E-state index >= 15 is 0 Å². The van der Waals surface area contributed by atoms with Crippen molar-refractivity contribution >= 4 is 11.8 Å². The molecule has 1 fully saturated rings. The summed E-state index contributed by atoms with van der Waals surface area (Å²) < 4.78 is 7.16. The number of para-hydroxylation sites is 2. The fourth-order valence-corrected chi connectivity index (χ4v) is 3.28. The van der Waals surface area contributed by atoms with E-state index in [9.17, 15) is 9.59 Å². The molecule has 0 spiro atoms. The van der Waals surface area contributed by atoms with Crippen molar-refractivity contribution < 1.29 is 14.3 Å². The molecule has 4 rings (SSSR count). The van der Waals surface area contributed by atoms with Gasteiger partial charge in [-0.15, -0.1) is 0 Å². The van der Waals surface area contributed by atoms with Gasteiger partial charge in [-0.05, 0) is 37.1 Å². The number of likely N-dealkylation sites (N-methyl/N-ethyl adjacent to an activating group) is 1. The highest BCUT2D eigenvalue weighted by molar-refractivity contribution is 6.01. The zero-order valence-electron chi connectivity index (χ0n) is 17.0. The molecule has 154 valence electrons. The summed E-state index contributed by atoms with van der Waals surface area (Å²) in [5, 5.41) is 7.60. The predicted octanol–water partition coefficient (Wildman–Crippen LogP) is 2.90. The molecular formula is C23H24N4O3. The quantitative estimate of drug-likeness (QED) is 0.657. The van der Waals surface area contributed by atoms with Crippen LogP contribution in [0.25, 0.3) is 16.9 Å². The summed E-state index contributed by atoms with van der Waals surface area (Å²) in [6.07, 6.45) is 3.71. The topological polar surface area (TPSA) is 76.5 Å². The van der Waals surface area contributed by atoms with E-state index in [0.717, 1.165) is 18.5 Å².